The maximum atomic E-state index is 5.96. The van der Waals surface area contributed by atoms with E-state index in [1.54, 1.807) is 17.1 Å². The van der Waals surface area contributed by atoms with Crippen molar-refractivity contribution in [1.82, 2.24) is 20.0 Å². The summed E-state index contributed by atoms with van der Waals surface area (Å²) < 4.78 is 1.66. The van der Waals surface area contributed by atoms with Crippen molar-refractivity contribution in [3.05, 3.63) is 30.6 Å². The molecule has 5 heteroatoms. The van der Waals surface area contributed by atoms with E-state index in [2.05, 4.69) is 15.3 Å². The number of nitrogens with two attached hydrogens (primary N) is 1. The Hall–Kier alpha value is -2.30. The number of benzene rings is 1. The molecule has 0 amide bonds. The summed E-state index contributed by atoms with van der Waals surface area (Å²) in [5.74, 6) is 0.655. The first-order valence-electron chi connectivity index (χ1n) is 4.97. The van der Waals surface area contributed by atoms with Gasteiger partial charge in [-0.3, -0.25) is 9.78 Å². The van der Waals surface area contributed by atoms with Crippen molar-refractivity contribution < 1.29 is 0 Å². The Morgan fingerprint density at radius 2 is 2.12 bits per heavy atom. The van der Waals surface area contributed by atoms with Gasteiger partial charge in [-0.2, -0.15) is 10.2 Å². The number of hydrogen-bond acceptors (Lipinski definition) is 3. The Morgan fingerprint density at radius 3 is 2.88 bits per heavy atom. The average Bonchev–Trinajstić information content (AvgIpc) is 2.87. The van der Waals surface area contributed by atoms with Crippen molar-refractivity contribution in [2.75, 3.05) is 5.73 Å². The van der Waals surface area contributed by atoms with E-state index in [0.717, 1.165) is 22.0 Å². The fraction of sp³-hybridized carbons (Fsp3) is 0.0909. The molecule has 0 fully saturated rings. The zero-order chi connectivity index (χ0) is 11.1. The molecule has 80 valence electrons. The fourth-order valence-corrected chi connectivity index (χ4v) is 1.85. The lowest BCUT2D eigenvalue weighted by molar-refractivity contribution is 0.779. The van der Waals surface area contributed by atoms with Crippen LogP contribution in [0.3, 0.4) is 0 Å². The van der Waals surface area contributed by atoms with Crippen LogP contribution in [0.2, 0.25) is 0 Å². The van der Waals surface area contributed by atoms with E-state index in [0.29, 0.717) is 5.82 Å². The van der Waals surface area contributed by atoms with Gasteiger partial charge in [-0.05, 0) is 0 Å². The van der Waals surface area contributed by atoms with Gasteiger partial charge in [-0.1, -0.05) is 18.2 Å². The quantitative estimate of drug-likeness (QED) is 0.644. The number of aromatic nitrogens is 4. The zero-order valence-corrected chi connectivity index (χ0v) is 8.81. The predicted octanol–water partition coefficient (Wildman–Crippen LogP) is 1.55. The third-order valence-electron chi connectivity index (χ3n) is 2.75. The van der Waals surface area contributed by atoms with Crippen molar-refractivity contribution >= 4 is 16.7 Å². The number of nitrogen functional groups attached to an aromatic ring is 1. The molecule has 0 bridgehead atoms. The van der Waals surface area contributed by atoms with Crippen molar-refractivity contribution in [2.45, 2.75) is 0 Å². The SMILES string of the molecule is Cn1ncc(-c2cccc3cn[nH]c23)c1N. The molecule has 3 N–H and O–H groups in total. The van der Waals surface area contributed by atoms with Crippen molar-refractivity contribution in [3.63, 3.8) is 0 Å². The smallest absolute Gasteiger partial charge is 0.129 e. The summed E-state index contributed by atoms with van der Waals surface area (Å²) in [6.45, 7) is 0. The van der Waals surface area contributed by atoms with Crippen LogP contribution in [0.5, 0.6) is 0 Å². The Balaban J connectivity index is 2.33. The van der Waals surface area contributed by atoms with Crippen LogP contribution < -0.4 is 5.73 Å². The Kier molecular flexibility index (Phi) is 1.73. The predicted molar refractivity (Wildman–Crippen MR) is 62.7 cm³/mol. The molecular weight excluding hydrogens is 202 g/mol. The second kappa shape index (κ2) is 3.10. The Morgan fingerprint density at radius 1 is 1.25 bits per heavy atom. The summed E-state index contributed by atoms with van der Waals surface area (Å²) in [5, 5.41) is 12.2. The summed E-state index contributed by atoms with van der Waals surface area (Å²) in [5.41, 5.74) is 8.91. The molecule has 16 heavy (non-hydrogen) atoms. The van der Waals surface area contributed by atoms with Gasteiger partial charge >= 0.3 is 0 Å². The minimum absolute atomic E-state index is 0.655. The molecule has 2 aromatic heterocycles. The summed E-state index contributed by atoms with van der Waals surface area (Å²) in [4.78, 5) is 0. The molecule has 0 aliphatic heterocycles. The van der Waals surface area contributed by atoms with Crippen LogP contribution in [-0.2, 0) is 7.05 Å². The standard InChI is InChI=1S/C11H11N5/c1-16-11(12)9(6-14-16)8-4-2-3-7-5-13-15-10(7)8/h2-6H,12H2,1H3,(H,13,15). The molecule has 0 spiro atoms. The first-order chi connectivity index (χ1) is 7.77. The molecule has 0 aliphatic carbocycles. The number of aryl methyl sites for hydroxylation is 1. The maximum Gasteiger partial charge on any atom is 0.129 e. The van der Waals surface area contributed by atoms with E-state index in [9.17, 15) is 0 Å². The molecule has 0 atom stereocenters. The van der Waals surface area contributed by atoms with Gasteiger partial charge in [0.05, 0.1) is 17.9 Å². The molecule has 0 saturated carbocycles. The minimum Gasteiger partial charge on any atom is -0.383 e. The van der Waals surface area contributed by atoms with Gasteiger partial charge in [0.2, 0.25) is 0 Å². The molecular formula is C11H11N5. The maximum absolute atomic E-state index is 5.96. The summed E-state index contributed by atoms with van der Waals surface area (Å²) in [6.07, 6.45) is 3.57. The van der Waals surface area contributed by atoms with Crippen LogP contribution >= 0.6 is 0 Å². The fourth-order valence-electron chi connectivity index (χ4n) is 1.85. The number of fused-ring (bicyclic) bond motifs is 1. The van der Waals surface area contributed by atoms with Crippen LogP contribution in [0.1, 0.15) is 0 Å². The Labute approximate surface area is 91.9 Å². The topological polar surface area (TPSA) is 72.5 Å². The first-order valence-corrected chi connectivity index (χ1v) is 4.97. The average molecular weight is 213 g/mol. The second-order valence-corrected chi connectivity index (χ2v) is 3.71. The molecule has 2 heterocycles. The van der Waals surface area contributed by atoms with Gasteiger partial charge in [-0.15, -0.1) is 0 Å². The number of H-pyrrole nitrogens is 1. The van der Waals surface area contributed by atoms with E-state index in [4.69, 9.17) is 5.73 Å². The van der Waals surface area contributed by atoms with Crippen molar-refractivity contribution in [2.24, 2.45) is 7.05 Å². The van der Waals surface area contributed by atoms with Gasteiger partial charge in [0.15, 0.2) is 0 Å². The lowest BCUT2D eigenvalue weighted by atomic mass is 10.1. The Bertz CT molecular complexity index is 649. The summed E-state index contributed by atoms with van der Waals surface area (Å²) in [7, 11) is 1.83. The number of nitrogens with zero attached hydrogens (tertiary/aromatic N) is 3. The molecule has 0 saturated heterocycles. The molecule has 1 aromatic carbocycles. The molecule has 3 aromatic rings. The van der Waals surface area contributed by atoms with E-state index >= 15 is 0 Å². The van der Waals surface area contributed by atoms with E-state index in [1.165, 1.54) is 0 Å². The third kappa shape index (κ3) is 1.11. The summed E-state index contributed by atoms with van der Waals surface area (Å²) in [6, 6.07) is 6.00. The third-order valence-corrected chi connectivity index (χ3v) is 2.75. The highest BCUT2D eigenvalue weighted by molar-refractivity contribution is 5.95. The minimum atomic E-state index is 0.655. The number of aromatic amines is 1. The van der Waals surface area contributed by atoms with E-state index < -0.39 is 0 Å². The van der Waals surface area contributed by atoms with Crippen LogP contribution in [-0.4, -0.2) is 20.0 Å². The lowest BCUT2D eigenvalue weighted by Gasteiger charge is -2.01. The molecule has 3 rings (SSSR count). The number of hydrogen-bond donors (Lipinski definition) is 2. The number of para-hydroxylation sites is 1. The largest absolute Gasteiger partial charge is 0.383 e. The van der Waals surface area contributed by atoms with Gasteiger partial charge in [0.1, 0.15) is 5.82 Å². The molecule has 0 radical (unpaired) electrons. The zero-order valence-electron chi connectivity index (χ0n) is 8.81. The first kappa shape index (κ1) is 8.96. The summed E-state index contributed by atoms with van der Waals surface area (Å²) >= 11 is 0. The van der Waals surface area contributed by atoms with E-state index in [1.807, 2.05) is 25.2 Å². The van der Waals surface area contributed by atoms with Crippen LogP contribution in [0.15, 0.2) is 30.6 Å². The van der Waals surface area contributed by atoms with Gasteiger partial charge in [-0.25, -0.2) is 0 Å². The molecule has 0 aliphatic rings. The van der Waals surface area contributed by atoms with Crippen molar-refractivity contribution in [1.29, 1.82) is 0 Å². The highest BCUT2D eigenvalue weighted by Gasteiger charge is 2.11. The highest BCUT2D eigenvalue weighted by atomic mass is 15.3. The van der Waals surface area contributed by atoms with Crippen LogP contribution in [0, 0.1) is 0 Å². The number of anilines is 1. The molecule has 5 nitrogen and oxygen atoms in total. The second-order valence-electron chi connectivity index (χ2n) is 3.71. The number of nitrogens with one attached hydrogen (secondary N) is 1. The highest BCUT2D eigenvalue weighted by Crippen LogP contribution is 2.30. The van der Waals surface area contributed by atoms with Gasteiger partial charge in [0, 0.05) is 23.6 Å². The van der Waals surface area contributed by atoms with Gasteiger partial charge in [0.25, 0.3) is 0 Å². The van der Waals surface area contributed by atoms with Crippen molar-refractivity contribution in [3.8, 4) is 11.1 Å². The molecule has 0 unspecified atom stereocenters. The van der Waals surface area contributed by atoms with Crippen LogP contribution in [0.25, 0.3) is 22.0 Å². The number of rotatable bonds is 1. The lowest BCUT2D eigenvalue weighted by Crippen LogP contribution is -1.98. The van der Waals surface area contributed by atoms with E-state index in [-0.39, 0.29) is 0 Å². The van der Waals surface area contributed by atoms with Gasteiger partial charge < -0.3 is 5.73 Å². The van der Waals surface area contributed by atoms with Crippen LogP contribution in [0.4, 0.5) is 5.82 Å². The monoisotopic (exact) mass is 213 g/mol. The normalized spacial score (nSPS) is 11.1.